The van der Waals surface area contributed by atoms with Gasteiger partial charge in [0.15, 0.2) is 6.23 Å². The Bertz CT molecular complexity index is 353. The molecule has 0 fully saturated rings. The molecule has 1 amide bonds. The quantitative estimate of drug-likeness (QED) is 0.577. The maximum atomic E-state index is 11.1. The summed E-state index contributed by atoms with van der Waals surface area (Å²) in [6, 6.07) is 1.56. The fourth-order valence-corrected chi connectivity index (χ4v) is 1.43. The van der Waals surface area contributed by atoms with Crippen molar-refractivity contribution in [1.29, 1.82) is 0 Å². The summed E-state index contributed by atoms with van der Waals surface area (Å²) in [5.74, 6) is -0.379. The Labute approximate surface area is 73.2 Å². The van der Waals surface area contributed by atoms with Gasteiger partial charge in [-0.2, -0.15) is 0 Å². The summed E-state index contributed by atoms with van der Waals surface area (Å²) in [5.41, 5.74) is 0.756. The SMILES string of the molecule is O=C1NC(O)c2ccnc(Cl)c21. The van der Waals surface area contributed by atoms with Gasteiger partial charge in [0.05, 0.1) is 5.56 Å². The summed E-state index contributed by atoms with van der Waals surface area (Å²) >= 11 is 5.65. The number of rotatable bonds is 0. The lowest BCUT2D eigenvalue weighted by Crippen LogP contribution is -2.18. The molecule has 5 heteroatoms. The van der Waals surface area contributed by atoms with E-state index in [-0.39, 0.29) is 16.6 Å². The molecular formula is C7H5ClN2O2. The smallest absolute Gasteiger partial charge is 0.257 e. The van der Waals surface area contributed by atoms with Gasteiger partial charge in [-0.25, -0.2) is 4.98 Å². The van der Waals surface area contributed by atoms with Crippen molar-refractivity contribution < 1.29 is 9.90 Å². The van der Waals surface area contributed by atoms with Gasteiger partial charge in [0.25, 0.3) is 5.91 Å². The molecule has 1 unspecified atom stereocenters. The maximum Gasteiger partial charge on any atom is 0.257 e. The number of nitrogens with zero attached hydrogens (tertiary/aromatic N) is 1. The van der Waals surface area contributed by atoms with E-state index in [1.807, 2.05) is 0 Å². The minimum atomic E-state index is -0.951. The molecule has 0 saturated heterocycles. The van der Waals surface area contributed by atoms with Crippen LogP contribution in [0.5, 0.6) is 0 Å². The fourth-order valence-electron chi connectivity index (χ4n) is 1.18. The Morgan fingerprint density at radius 3 is 3.08 bits per heavy atom. The highest BCUT2D eigenvalue weighted by atomic mass is 35.5. The van der Waals surface area contributed by atoms with Crippen molar-refractivity contribution in [3.05, 3.63) is 28.5 Å². The summed E-state index contributed by atoms with van der Waals surface area (Å²) in [7, 11) is 0. The molecular weight excluding hydrogens is 180 g/mol. The van der Waals surface area contributed by atoms with Crippen LogP contribution in [0, 0.1) is 0 Å². The molecule has 62 valence electrons. The first-order chi connectivity index (χ1) is 5.70. The molecule has 0 aromatic carbocycles. The second-order valence-electron chi connectivity index (χ2n) is 2.44. The highest BCUT2D eigenvalue weighted by molar-refractivity contribution is 6.33. The molecule has 2 N–H and O–H groups in total. The van der Waals surface area contributed by atoms with Crippen molar-refractivity contribution in [2.45, 2.75) is 6.23 Å². The lowest BCUT2D eigenvalue weighted by Gasteiger charge is -2.00. The van der Waals surface area contributed by atoms with Crippen molar-refractivity contribution in [3.8, 4) is 0 Å². The van der Waals surface area contributed by atoms with Crippen molar-refractivity contribution in [2.24, 2.45) is 0 Å². The van der Waals surface area contributed by atoms with Gasteiger partial charge in [-0.3, -0.25) is 4.79 Å². The number of hydrogen-bond donors (Lipinski definition) is 2. The van der Waals surface area contributed by atoms with Crippen LogP contribution in [0.4, 0.5) is 0 Å². The van der Waals surface area contributed by atoms with Crippen LogP contribution in [0.3, 0.4) is 0 Å². The van der Waals surface area contributed by atoms with E-state index in [0.29, 0.717) is 5.56 Å². The first kappa shape index (κ1) is 7.52. The van der Waals surface area contributed by atoms with E-state index in [9.17, 15) is 9.90 Å². The molecule has 1 aliphatic rings. The number of hydrogen-bond acceptors (Lipinski definition) is 3. The summed E-state index contributed by atoms with van der Waals surface area (Å²) in [6.45, 7) is 0. The zero-order chi connectivity index (χ0) is 8.72. The molecule has 1 atom stereocenters. The third-order valence-electron chi connectivity index (χ3n) is 1.73. The third kappa shape index (κ3) is 0.888. The molecule has 0 spiro atoms. The molecule has 1 aromatic rings. The van der Waals surface area contributed by atoms with Gasteiger partial charge >= 0.3 is 0 Å². The minimum absolute atomic E-state index is 0.126. The second kappa shape index (κ2) is 2.43. The molecule has 4 nitrogen and oxygen atoms in total. The molecule has 1 aromatic heterocycles. The molecule has 0 bridgehead atoms. The highest BCUT2D eigenvalue weighted by Crippen LogP contribution is 2.27. The second-order valence-corrected chi connectivity index (χ2v) is 2.80. The normalized spacial score (nSPS) is 20.5. The van der Waals surface area contributed by atoms with E-state index < -0.39 is 6.23 Å². The van der Waals surface area contributed by atoms with Gasteiger partial charge in [-0.15, -0.1) is 0 Å². The summed E-state index contributed by atoms with van der Waals surface area (Å²) in [5, 5.41) is 11.7. The first-order valence-corrected chi connectivity index (χ1v) is 3.71. The molecule has 1 aliphatic heterocycles. The number of carbonyl (C=O) groups is 1. The van der Waals surface area contributed by atoms with Crippen LogP contribution >= 0.6 is 11.6 Å². The Balaban J connectivity index is 2.67. The lowest BCUT2D eigenvalue weighted by molar-refractivity contribution is 0.0850. The minimum Gasteiger partial charge on any atom is -0.369 e. The first-order valence-electron chi connectivity index (χ1n) is 3.33. The zero-order valence-corrected chi connectivity index (χ0v) is 6.67. The average molecular weight is 185 g/mol. The topological polar surface area (TPSA) is 62.2 Å². The Morgan fingerprint density at radius 2 is 2.42 bits per heavy atom. The number of nitrogens with one attached hydrogen (secondary N) is 1. The largest absolute Gasteiger partial charge is 0.369 e. The van der Waals surface area contributed by atoms with E-state index in [1.54, 1.807) is 6.07 Å². The summed E-state index contributed by atoms with van der Waals surface area (Å²) < 4.78 is 0. The molecule has 2 heterocycles. The highest BCUT2D eigenvalue weighted by Gasteiger charge is 2.29. The number of halogens is 1. The summed E-state index contributed by atoms with van der Waals surface area (Å²) in [4.78, 5) is 14.8. The van der Waals surface area contributed by atoms with E-state index in [4.69, 9.17) is 11.6 Å². The molecule has 0 aliphatic carbocycles. The van der Waals surface area contributed by atoms with Crippen molar-refractivity contribution in [1.82, 2.24) is 10.3 Å². The number of fused-ring (bicyclic) bond motifs is 1. The van der Waals surface area contributed by atoms with E-state index in [2.05, 4.69) is 10.3 Å². The Kier molecular flexibility index (Phi) is 1.52. The number of pyridine rings is 1. The van der Waals surface area contributed by atoms with Crippen molar-refractivity contribution in [3.63, 3.8) is 0 Å². The van der Waals surface area contributed by atoms with Gasteiger partial charge in [-0.05, 0) is 6.07 Å². The monoisotopic (exact) mass is 184 g/mol. The van der Waals surface area contributed by atoms with Gasteiger partial charge in [0.2, 0.25) is 0 Å². The zero-order valence-electron chi connectivity index (χ0n) is 5.91. The van der Waals surface area contributed by atoms with E-state index in [0.717, 1.165) is 0 Å². The Hall–Kier alpha value is -1.13. The van der Waals surface area contributed by atoms with E-state index >= 15 is 0 Å². The molecule has 0 radical (unpaired) electrons. The van der Waals surface area contributed by atoms with Crippen LogP contribution < -0.4 is 5.32 Å². The number of aliphatic hydroxyl groups excluding tert-OH is 1. The van der Waals surface area contributed by atoms with Gasteiger partial charge in [0, 0.05) is 11.8 Å². The number of aromatic nitrogens is 1. The molecule has 12 heavy (non-hydrogen) atoms. The van der Waals surface area contributed by atoms with Crippen LogP contribution in [0.25, 0.3) is 0 Å². The predicted molar refractivity (Wildman–Crippen MR) is 41.7 cm³/mol. The maximum absolute atomic E-state index is 11.1. The fraction of sp³-hybridized carbons (Fsp3) is 0.143. The van der Waals surface area contributed by atoms with Crippen LogP contribution in [0.2, 0.25) is 5.15 Å². The van der Waals surface area contributed by atoms with Gasteiger partial charge in [0.1, 0.15) is 5.15 Å². The van der Waals surface area contributed by atoms with Gasteiger partial charge in [-0.1, -0.05) is 11.6 Å². The average Bonchev–Trinajstić information content (AvgIpc) is 2.29. The van der Waals surface area contributed by atoms with Gasteiger partial charge < -0.3 is 10.4 Å². The van der Waals surface area contributed by atoms with Crippen LogP contribution in [-0.2, 0) is 0 Å². The Morgan fingerprint density at radius 1 is 1.67 bits per heavy atom. The van der Waals surface area contributed by atoms with Crippen molar-refractivity contribution >= 4 is 17.5 Å². The lowest BCUT2D eigenvalue weighted by atomic mass is 10.2. The van der Waals surface area contributed by atoms with Crippen LogP contribution in [0.15, 0.2) is 12.3 Å². The number of amides is 1. The third-order valence-corrected chi connectivity index (χ3v) is 2.01. The van der Waals surface area contributed by atoms with Crippen LogP contribution in [0.1, 0.15) is 22.1 Å². The standard InChI is InChI=1S/C7H5ClN2O2/c8-5-4-3(1-2-9-5)6(11)10-7(4)12/h1-2,6,11H,(H,10,12). The molecule has 2 rings (SSSR count). The van der Waals surface area contributed by atoms with E-state index in [1.165, 1.54) is 6.20 Å². The van der Waals surface area contributed by atoms with Crippen molar-refractivity contribution in [2.75, 3.05) is 0 Å². The number of aliphatic hydroxyl groups is 1. The predicted octanol–water partition coefficient (Wildman–Crippen LogP) is 0.469. The van der Waals surface area contributed by atoms with Crippen LogP contribution in [-0.4, -0.2) is 16.0 Å². The summed E-state index contributed by atoms with van der Waals surface area (Å²) in [6.07, 6.45) is 0.498. The molecule has 0 saturated carbocycles. The number of carbonyl (C=O) groups excluding carboxylic acids is 1.